The van der Waals surface area contributed by atoms with Gasteiger partial charge in [-0.15, -0.1) is 0 Å². The first-order valence-corrected chi connectivity index (χ1v) is 7.55. The van der Waals surface area contributed by atoms with Crippen LogP contribution in [0.2, 0.25) is 0 Å². The van der Waals surface area contributed by atoms with Crippen LogP contribution in [-0.2, 0) is 4.74 Å². The zero-order valence-corrected chi connectivity index (χ0v) is 13.0. The maximum absolute atomic E-state index is 10.2. The molecule has 1 aliphatic heterocycles. The molecule has 0 aliphatic carbocycles. The third-order valence-electron chi connectivity index (χ3n) is 4.11. The minimum Gasteiger partial charge on any atom is -0.481 e. The highest BCUT2D eigenvalue weighted by Gasteiger charge is 2.43. The van der Waals surface area contributed by atoms with Gasteiger partial charge >= 0.3 is 0 Å². The van der Waals surface area contributed by atoms with Crippen LogP contribution in [0, 0.1) is 0 Å². The Morgan fingerprint density at radius 2 is 1.92 bits per heavy atom. The highest BCUT2D eigenvalue weighted by atomic mass is 16.6. The smallest absolute Gasteiger partial charge is 0.213 e. The molecule has 0 bridgehead atoms. The van der Waals surface area contributed by atoms with E-state index >= 15 is 0 Å². The molecule has 1 saturated heterocycles. The summed E-state index contributed by atoms with van der Waals surface area (Å²) in [7, 11) is 1.53. The molecule has 8 heteroatoms. The molecule has 5 atom stereocenters. The number of methoxy groups -OCH3 is 1. The number of aliphatic hydroxyl groups excluding tert-OH is 4. The first kappa shape index (κ1) is 16.9. The van der Waals surface area contributed by atoms with Gasteiger partial charge in [0.05, 0.1) is 19.2 Å². The van der Waals surface area contributed by atoms with Crippen molar-refractivity contribution >= 4 is 16.6 Å². The van der Waals surface area contributed by atoms with Gasteiger partial charge in [0.15, 0.2) is 6.29 Å². The second-order valence-corrected chi connectivity index (χ2v) is 5.66. The summed E-state index contributed by atoms with van der Waals surface area (Å²) >= 11 is 0. The molecule has 8 nitrogen and oxygen atoms in total. The van der Waals surface area contributed by atoms with Crippen LogP contribution in [0.5, 0.6) is 5.88 Å². The Kier molecular flexibility index (Phi) is 4.83. The molecule has 130 valence electrons. The molecule has 2 aromatic rings. The van der Waals surface area contributed by atoms with Gasteiger partial charge in [-0.2, -0.15) is 0 Å². The number of pyridine rings is 1. The van der Waals surface area contributed by atoms with Crippen LogP contribution in [0.4, 0.5) is 5.69 Å². The maximum Gasteiger partial charge on any atom is 0.213 e. The fourth-order valence-electron chi connectivity index (χ4n) is 2.75. The standard InChI is InChI=1S/C16H20N2O6/c1-23-12-5-3-8-2-4-9(6-10(8)18-12)17-13-15(21)14(20)11(7-19)24-16(13)22/h2-6,11,13-17,19-22H,7H2,1H3/t11?,13-,14+,15?,16?/m0/s1. The minimum atomic E-state index is -1.38. The highest BCUT2D eigenvalue weighted by molar-refractivity contribution is 5.82. The van der Waals surface area contributed by atoms with Crippen molar-refractivity contribution in [3.05, 3.63) is 30.3 Å². The van der Waals surface area contributed by atoms with Gasteiger partial charge < -0.3 is 35.2 Å². The van der Waals surface area contributed by atoms with E-state index in [0.717, 1.165) is 5.39 Å². The summed E-state index contributed by atoms with van der Waals surface area (Å²) < 4.78 is 10.2. The Labute approximate surface area is 138 Å². The topological polar surface area (TPSA) is 124 Å². The number of benzene rings is 1. The number of rotatable bonds is 4. The number of anilines is 1. The maximum atomic E-state index is 10.2. The van der Waals surface area contributed by atoms with E-state index in [0.29, 0.717) is 17.1 Å². The third kappa shape index (κ3) is 3.14. The van der Waals surface area contributed by atoms with Crippen molar-refractivity contribution in [3.8, 4) is 5.88 Å². The van der Waals surface area contributed by atoms with E-state index in [9.17, 15) is 15.3 Å². The van der Waals surface area contributed by atoms with Crippen LogP contribution >= 0.6 is 0 Å². The lowest BCUT2D eigenvalue weighted by atomic mass is 9.97. The summed E-state index contributed by atoms with van der Waals surface area (Å²) in [4.78, 5) is 4.32. The van der Waals surface area contributed by atoms with Crippen LogP contribution in [0.3, 0.4) is 0 Å². The summed E-state index contributed by atoms with van der Waals surface area (Å²) in [5.74, 6) is 0.474. The van der Waals surface area contributed by atoms with Crippen molar-refractivity contribution < 1.29 is 29.9 Å². The van der Waals surface area contributed by atoms with Crippen molar-refractivity contribution in [1.29, 1.82) is 0 Å². The van der Waals surface area contributed by atoms with E-state index in [4.69, 9.17) is 14.6 Å². The zero-order chi connectivity index (χ0) is 17.3. The summed E-state index contributed by atoms with van der Waals surface area (Å²) in [6.45, 7) is -0.498. The Hall–Kier alpha value is -1.97. The zero-order valence-electron chi connectivity index (χ0n) is 13.0. The van der Waals surface area contributed by atoms with Gasteiger partial charge in [-0.1, -0.05) is 6.07 Å². The molecular weight excluding hydrogens is 316 g/mol. The normalized spacial score (nSPS) is 30.3. The van der Waals surface area contributed by atoms with Crippen molar-refractivity contribution in [2.45, 2.75) is 30.6 Å². The van der Waals surface area contributed by atoms with Gasteiger partial charge in [-0.25, -0.2) is 4.98 Å². The monoisotopic (exact) mass is 336 g/mol. The lowest BCUT2D eigenvalue weighted by Crippen LogP contribution is -2.61. The largest absolute Gasteiger partial charge is 0.481 e. The summed E-state index contributed by atoms with van der Waals surface area (Å²) in [5.41, 5.74) is 1.26. The van der Waals surface area contributed by atoms with Crippen molar-refractivity contribution in [1.82, 2.24) is 4.98 Å². The SMILES string of the molecule is COc1ccc2ccc(N[C@@H]3C(O)OC(CO)[C@@H](O)C3O)cc2n1. The number of aromatic nitrogens is 1. The van der Waals surface area contributed by atoms with Gasteiger partial charge in [-0.05, 0) is 18.2 Å². The number of hydrogen-bond donors (Lipinski definition) is 5. The molecule has 3 unspecified atom stereocenters. The molecule has 0 spiro atoms. The molecule has 1 aliphatic rings. The Morgan fingerprint density at radius 1 is 1.17 bits per heavy atom. The van der Waals surface area contributed by atoms with Gasteiger partial charge in [0.25, 0.3) is 0 Å². The van der Waals surface area contributed by atoms with Crippen LogP contribution in [0.25, 0.3) is 10.9 Å². The van der Waals surface area contributed by atoms with Gasteiger partial charge in [0.2, 0.25) is 5.88 Å². The lowest BCUT2D eigenvalue weighted by Gasteiger charge is -2.40. The van der Waals surface area contributed by atoms with Gasteiger partial charge in [0.1, 0.15) is 24.4 Å². The first-order valence-electron chi connectivity index (χ1n) is 7.55. The predicted molar refractivity (Wildman–Crippen MR) is 85.7 cm³/mol. The average molecular weight is 336 g/mol. The fraction of sp³-hybridized carbons (Fsp3) is 0.438. The van der Waals surface area contributed by atoms with Crippen LogP contribution in [0.15, 0.2) is 30.3 Å². The molecule has 1 aromatic heterocycles. The van der Waals surface area contributed by atoms with E-state index in [2.05, 4.69) is 10.3 Å². The summed E-state index contributed by atoms with van der Waals surface area (Å²) in [6, 6.07) is 8.00. The van der Waals surface area contributed by atoms with Crippen molar-refractivity contribution in [3.63, 3.8) is 0 Å². The molecule has 0 radical (unpaired) electrons. The molecule has 24 heavy (non-hydrogen) atoms. The fourth-order valence-corrected chi connectivity index (χ4v) is 2.75. The molecule has 1 fully saturated rings. The number of hydrogen-bond acceptors (Lipinski definition) is 8. The molecule has 0 saturated carbocycles. The Bertz CT molecular complexity index is 712. The van der Waals surface area contributed by atoms with Crippen molar-refractivity contribution in [2.75, 3.05) is 19.0 Å². The minimum absolute atomic E-state index is 0.474. The van der Waals surface area contributed by atoms with Crippen LogP contribution in [0.1, 0.15) is 0 Å². The van der Waals surface area contributed by atoms with E-state index in [1.54, 1.807) is 18.2 Å². The number of fused-ring (bicyclic) bond motifs is 1. The number of nitrogens with zero attached hydrogens (tertiary/aromatic N) is 1. The van der Waals surface area contributed by atoms with Crippen molar-refractivity contribution in [2.24, 2.45) is 0 Å². The Balaban J connectivity index is 1.83. The van der Waals surface area contributed by atoms with E-state index in [-0.39, 0.29) is 0 Å². The van der Waals surface area contributed by atoms with Gasteiger partial charge in [-0.3, -0.25) is 0 Å². The van der Waals surface area contributed by atoms with Crippen LogP contribution < -0.4 is 10.1 Å². The molecule has 2 heterocycles. The molecule has 5 N–H and O–H groups in total. The molecule has 1 aromatic carbocycles. The molecular formula is C16H20N2O6. The van der Waals surface area contributed by atoms with Crippen LogP contribution in [-0.4, -0.2) is 69.8 Å². The molecule has 0 amide bonds. The van der Waals surface area contributed by atoms with E-state index in [1.165, 1.54) is 7.11 Å². The lowest BCUT2D eigenvalue weighted by molar-refractivity contribution is -0.245. The molecule has 3 rings (SSSR count). The van der Waals surface area contributed by atoms with E-state index in [1.807, 2.05) is 12.1 Å². The third-order valence-corrected chi connectivity index (χ3v) is 4.11. The number of nitrogens with one attached hydrogen (secondary N) is 1. The second kappa shape index (κ2) is 6.88. The summed E-state index contributed by atoms with van der Waals surface area (Å²) in [5, 5.41) is 43.0. The average Bonchev–Trinajstić information content (AvgIpc) is 2.61. The second-order valence-electron chi connectivity index (χ2n) is 5.66. The van der Waals surface area contributed by atoms with Gasteiger partial charge in [0, 0.05) is 17.1 Å². The first-order chi connectivity index (χ1) is 11.5. The number of aliphatic hydroxyl groups is 4. The van der Waals surface area contributed by atoms with E-state index < -0.39 is 37.3 Å². The predicted octanol–water partition coefficient (Wildman–Crippen LogP) is -0.545. The quantitative estimate of drug-likeness (QED) is 0.504. The highest BCUT2D eigenvalue weighted by Crippen LogP contribution is 2.25. The number of ether oxygens (including phenoxy) is 2. The Morgan fingerprint density at radius 3 is 2.62 bits per heavy atom. The summed E-state index contributed by atoms with van der Waals surface area (Å²) in [6.07, 6.45) is -5.03.